The number of rotatable bonds is 3. The largest absolute Gasteiger partial charge is 0.442 e. The summed E-state index contributed by atoms with van der Waals surface area (Å²) in [5.41, 5.74) is 2.42. The maximum absolute atomic E-state index is 12.0. The van der Waals surface area contributed by atoms with E-state index in [1.807, 2.05) is 6.07 Å². The van der Waals surface area contributed by atoms with Crippen LogP contribution in [0.25, 0.3) is 0 Å². The molecule has 8 nitrogen and oxygen atoms in total. The molecular weight excluding hydrogens is 300 g/mol. The number of hydrogen-bond donors (Lipinski definition) is 3. The Kier molecular flexibility index (Phi) is 4.05. The minimum absolute atomic E-state index is 0.159. The number of anilines is 2. The normalized spacial score (nSPS) is 20.0. The highest BCUT2D eigenvalue weighted by Crippen LogP contribution is 2.27. The van der Waals surface area contributed by atoms with Crippen molar-refractivity contribution >= 4 is 29.4 Å². The van der Waals surface area contributed by atoms with Gasteiger partial charge in [-0.2, -0.15) is 0 Å². The number of nitrogens with zero attached hydrogens (tertiary/aromatic N) is 1. The first kappa shape index (κ1) is 15.1. The van der Waals surface area contributed by atoms with Crippen molar-refractivity contribution < 1.29 is 19.1 Å². The monoisotopic (exact) mass is 318 g/mol. The van der Waals surface area contributed by atoms with E-state index < -0.39 is 6.09 Å². The number of carbonyl (C=O) groups excluding carboxylic acids is 3. The van der Waals surface area contributed by atoms with Crippen molar-refractivity contribution in [3.63, 3.8) is 0 Å². The third kappa shape index (κ3) is 3.36. The van der Waals surface area contributed by atoms with Crippen LogP contribution in [0.3, 0.4) is 0 Å². The van der Waals surface area contributed by atoms with Crippen molar-refractivity contribution in [3.8, 4) is 0 Å². The standard InChI is InChI=1S/C15H18N4O4/c1-9(20)17-7-12-8-19(15(22)23-12)11-2-3-13-10(6-11)4-5-16-14(21)18-13/h2-3,6,12H,4-5,7-8H2,1H3,(H,17,20)(H2,16,18,21). The summed E-state index contributed by atoms with van der Waals surface area (Å²) in [4.78, 5) is 36.0. The molecule has 0 saturated carbocycles. The third-order valence-electron chi connectivity index (χ3n) is 3.78. The van der Waals surface area contributed by atoms with Crippen LogP contribution in [0.2, 0.25) is 0 Å². The van der Waals surface area contributed by atoms with E-state index in [1.165, 1.54) is 11.8 Å². The second-order valence-electron chi connectivity index (χ2n) is 5.53. The number of benzene rings is 1. The quantitative estimate of drug-likeness (QED) is 0.768. The lowest BCUT2D eigenvalue weighted by Gasteiger charge is -2.15. The van der Waals surface area contributed by atoms with Crippen LogP contribution in [0.1, 0.15) is 12.5 Å². The Morgan fingerprint density at radius 3 is 3.04 bits per heavy atom. The van der Waals surface area contributed by atoms with Crippen molar-refractivity contribution in [1.82, 2.24) is 10.6 Å². The second-order valence-corrected chi connectivity index (χ2v) is 5.53. The summed E-state index contributed by atoms with van der Waals surface area (Å²) in [6.07, 6.45) is -0.122. The molecule has 0 radical (unpaired) electrons. The summed E-state index contributed by atoms with van der Waals surface area (Å²) in [6, 6.07) is 5.20. The smallest absolute Gasteiger partial charge is 0.414 e. The molecule has 1 aromatic rings. The lowest BCUT2D eigenvalue weighted by atomic mass is 10.1. The first-order valence-electron chi connectivity index (χ1n) is 7.43. The molecule has 0 aromatic heterocycles. The van der Waals surface area contributed by atoms with Gasteiger partial charge in [0.05, 0.1) is 13.1 Å². The minimum Gasteiger partial charge on any atom is -0.442 e. The Bertz CT molecular complexity index is 661. The molecule has 1 unspecified atom stereocenters. The Morgan fingerprint density at radius 2 is 2.26 bits per heavy atom. The first-order valence-corrected chi connectivity index (χ1v) is 7.43. The summed E-state index contributed by atoms with van der Waals surface area (Å²) < 4.78 is 5.25. The van der Waals surface area contributed by atoms with E-state index in [4.69, 9.17) is 4.74 Å². The Hall–Kier alpha value is -2.77. The molecule has 1 atom stereocenters. The van der Waals surface area contributed by atoms with Crippen LogP contribution >= 0.6 is 0 Å². The first-order chi connectivity index (χ1) is 11.0. The molecule has 1 saturated heterocycles. The number of fused-ring (bicyclic) bond motifs is 1. The van der Waals surface area contributed by atoms with E-state index in [1.54, 1.807) is 12.1 Å². The predicted octanol–water partition coefficient (Wildman–Crippen LogP) is 0.825. The van der Waals surface area contributed by atoms with Crippen molar-refractivity contribution in [2.45, 2.75) is 19.4 Å². The SMILES string of the molecule is CC(=O)NCC1CN(c2ccc3c(c2)CCNC(=O)N3)C(=O)O1. The lowest BCUT2D eigenvalue weighted by Crippen LogP contribution is -2.33. The average molecular weight is 318 g/mol. The summed E-state index contributed by atoms with van der Waals surface area (Å²) in [5.74, 6) is -0.159. The molecule has 4 amide bonds. The van der Waals surface area contributed by atoms with Gasteiger partial charge in [-0.15, -0.1) is 0 Å². The van der Waals surface area contributed by atoms with E-state index in [9.17, 15) is 14.4 Å². The molecule has 122 valence electrons. The van der Waals surface area contributed by atoms with Crippen LogP contribution in [0.4, 0.5) is 21.0 Å². The van der Waals surface area contributed by atoms with E-state index in [-0.39, 0.29) is 18.0 Å². The Morgan fingerprint density at radius 1 is 1.43 bits per heavy atom. The highest BCUT2D eigenvalue weighted by Gasteiger charge is 2.32. The van der Waals surface area contributed by atoms with Crippen molar-refractivity contribution in [2.24, 2.45) is 0 Å². The van der Waals surface area contributed by atoms with Gasteiger partial charge in [0.15, 0.2) is 0 Å². The molecule has 1 fully saturated rings. The van der Waals surface area contributed by atoms with Gasteiger partial charge in [-0.1, -0.05) is 0 Å². The van der Waals surface area contributed by atoms with E-state index >= 15 is 0 Å². The molecule has 2 aliphatic heterocycles. The molecule has 3 rings (SSSR count). The molecule has 8 heteroatoms. The van der Waals surface area contributed by atoms with Crippen molar-refractivity contribution in [1.29, 1.82) is 0 Å². The van der Waals surface area contributed by atoms with Crippen LogP contribution in [0.5, 0.6) is 0 Å². The average Bonchev–Trinajstić information content (AvgIpc) is 2.77. The van der Waals surface area contributed by atoms with Crippen LogP contribution in [-0.4, -0.2) is 43.8 Å². The molecule has 2 aliphatic rings. The fourth-order valence-electron chi connectivity index (χ4n) is 2.65. The number of carbonyl (C=O) groups is 3. The molecule has 0 bridgehead atoms. The molecule has 23 heavy (non-hydrogen) atoms. The van der Waals surface area contributed by atoms with Crippen LogP contribution in [0.15, 0.2) is 18.2 Å². The van der Waals surface area contributed by atoms with E-state index in [2.05, 4.69) is 16.0 Å². The zero-order valence-corrected chi connectivity index (χ0v) is 12.7. The molecule has 2 heterocycles. The Labute approximate surface area is 133 Å². The second kappa shape index (κ2) is 6.15. The zero-order chi connectivity index (χ0) is 16.4. The van der Waals surface area contributed by atoms with Crippen LogP contribution in [0, 0.1) is 0 Å². The van der Waals surface area contributed by atoms with Gasteiger partial charge in [0.2, 0.25) is 5.91 Å². The fourth-order valence-corrected chi connectivity index (χ4v) is 2.65. The molecule has 0 spiro atoms. The summed E-state index contributed by atoms with van der Waals surface area (Å²) in [6.45, 7) is 2.63. The van der Waals surface area contributed by atoms with Gasteiger partial charge in [-0.3, -0.25) is 9.69 Å². The van der Waals surface area contributed by atoms with Gasteiger partial charge in [0, 0.05) is 24.8 Å². The van der Waals surface area contributed by atoms with E-state index in [0.717, 1.165) is 16.9 Å². The summed E-state index contributed by atoms with van der Waals surface area (Å²) >= 11 is 0. The zero-order valence-electron chi connectivity index (χ0n) is 12.7. The van der Waals surface area contributed by atoms with Gasteiger partial charge >= 0.3 is 12.1 Å². The molecular formula is C15H18N4O4. The number of urea groups is 1. The number of hydrogen-bond acceptors (Lipinski definition) is 4. The number of cyclic esters (lactones) is 1. The van der Waals surface area contributed by atoms with Gasteiger partial charge < -0.3 is 20.7 Å². The highest BCUT2D eigenvalue weighted by molar-refractivity contribution is 5.93. The topological polar surface area (TPSA) is 99.8 Å². The highest BCUT2D eigenvalue weighted by atomic mass is 16.6. The van der Waals surface area contributed by atoms with Crippen molar-refractivity contribution in [3.05, 3.63) is 23.8 Å². The van der Waals surface area contributed by atoms with Gasteiger partial charge in [0.25, 0.3) is 0 Å². The van der Waals surface area contributed by atoms with Gasteiger partial charge in [-0.05, 0) is 30.2 Å². The maximum atomic E-state index is 12.0. The van der Waals surface area contributed by atoms with Gasteiger partial charge in [0.1, 0.15) is 6.10 Å². The minimum atomic E-state index is -0.434. The van der Waals surface area contributed by atoms with Gasteiger partial charge in [-0.25, -0.2) is 9.59 Å². The van der Waals surface area contributed by atoms with Crippen molar-refractivity contribution in [2.75, 3.05) is 29.9 Å². The lowest BCUT2D eigenvalue weighted by molar-refractivity contribution is -0.119. The van der Waals surface area contributed by atoms with Crippen LogP contribution in [-0.2, 0) is 16.0 Å². The predicted molar refractivity (Wildman–Crippen MR) is 83.5 cm³/mol. The summed E-state index contributed by atoms with van der Waals surface area (Å²) in [5, 5.41) is 8.13. The van der Waals surface area contributed by atoms with Crippen LogP contribution < -0.4 is 20.9 Å². The molecule has 0 aliphatic carbocycles. The molecule has 3 N–H and O–H groups in total. The van der Waals surface area contributed by atoms with E-state index in [0.29, 0.717) is 26.1 Å². The fraction of sp³-hybridized carbons (Fsp3) is 0.400. The summed E-state index contributed by atoms with van der Waals surface area (Å²) in [7, 11) is 0. The molecule has 1 aromatic carbocycles. The maximum Gasteiger partial charge on any atom is 0.414 e. The number of nitrogens with one attached hydrogen (secondary N) is 3. The third-order valence-corrected chi connectivity index (χ3v) is 3.78. The number of ether oxygens (including phenoxy) is 1. The number of amides is 4. The Balaban J connectivity index is 1.74.